The number of hydrogen-bond donors (Lipinski definition) is 1. The average Bonchev–Trinajstić information content (AvgIpc) is 2.43. The molecule has 2 aromatic rings. The molecule has 0 amide bonds. The van der Waals surface area contributed by atoms with Gasteiger partial charge in [0.1, 0.15) is 17.3 Å². The maximum atomic E-state index is 5.88. The molecule has 98 valence electrons. The number of para-hydroxylation sites is 3. The van der Waals surface area contributed by atoms with Crippen LogP contribution in [0.25, 0.3) is 0 Å². The van der Waals surface area contributed by atoms with Gasteiger partial charge in [-0.15, -0.1) is 11.6 Å². The van der Waals surface area contributed by atoms with Gasteiger partial charge in [0, 0.05) is 0 Å². The van der Waals surface area contributed by atoms with Gasteiger partial charge < -0.3 is 10.5 Å². The summed E-state index contributed by atoms with van der Waals surface area (Å²) < 4.78 is 5.88. The van der Waals surface area contributed by atoms with Crippen LogP contribution in [0.5, 0.6) is 11.5 Å². The molecule has 0 unspecified atom stereocenters. The SMILES string of the molecule is Cc1ccccc1Oc1ccccc1N=C(N)CCl. The molecule has 0 saturated carbocycles. The predicted molar refractivity (Wildman–Crippen MR) is 79.7 cm³/mol. The van der Waals surface area contributed by atoms with Gasteiger partial charge in [-0.05, 0) is 30.7 Å². The van der Waals surface area contributed by atoms with Gasteiger partial charge in [0.05, 0.1) is 5.88 Å². The van der Waals surface area contributed by atoms with Gasteiger partial charge >= 0.3 is 0 Å². The van der Waals surface area contributed by atoms with Crippen molar-refractivity contribution in [2.45, 2.75) is 6.92 Å². The second-order valence-electron chi connectivity index (χ2n) is 4.07. The summed E-state index contributed by atoms with van der Waals surface area (Å²) in [7, 11) is 0. The molecule has 0 fully saturated rings. The molecule has 0 atom stereocenters. The summed E-state index contributed by atoms with van der Waals surface area (Å²) in [6, 6.07) is 15.3. The number of benzene rings is 2. The Kier molecular flexibility index (Phi) is 4.42. The molecule has 4 heteroatoms. The quantitative estimate of drug-likeness (QED) is 0.520. The van der Waals surface area contributed by atoms with Crippen LogP contribution in [0.1, 0.15) is 5.56 Å². The fourth-order valence-corrected chi connectivity index (χ4v) is 1.67. The van der Waals surface area contributed by atoms with Crippen LogP contribution in [0.4, 0.5) is 5.69 Å². The van der Waals surface area contributed by atoms with E-state index in [4.69, 9.17) is 22.1 Å². The van der Waals surface area contributed by atoms with E-state index in [1.165, 1.54) is 0 Å². The number of aliphatic imine (C=N–C) groups is 1. The molecular weight excluding hydrogens is 260 g/mol. The molecule has 0 saturated heterocycles. The van der Waals surface area contributed by atoms with E-state index in [2.05, 4.69) is 4.99 Å². The van der Waals surface area contributed by atoms with Gasteiger partial charge in [-0.3, -0.25) is 0 Å². The maximum absolute atomic E-state index is 5.88. The summed E-state index contributed by atoms with van der Waals surface area (Å²) in [5.74, 6) is 2.01. The molecule has 0 bridgehead atoms. The Morgan fingerprint density at radius 2 is 1.74 bits per heavy atom. The molecule has 0 aliphatic heterocycles. The highest BCUT2D eigenvalue weighted by atomic mass is 35.5. The second-order valence-corrected chi connectivity index (χ2v) is 4.34. The lowest BCUT2D eigenvalue weighted by molar-refractivity contribution is 0.480. The molecule has 0 aromatic heterocycles. The topological polar surface area (TPSA) is 47.6 Å². The van der Waals surface area contributed by atoms with Gasteiger partial charge in [-0.2, -0.15) is 0 Å². The van der Waals surface area contributed by atoms with Crippen molar-refractivity contribution in [1.29, 1.82) is 0 Å². The molecule has 3 nitrogen and oxygen atoms in total. The zero-order chi connectivity index (χ0) is 13.7. The van der Waals surface area contributed by atoms with Crippen molar-refractivity contribution < 1.29 is 4.74 Å². The zero-order valence-corrected chi connectivity index (χ0v) is 11.4. The van der Waals surface area contributed by atoms with E-state index >= 15 is 0 Å². The maximum Gasteiger partial charge on any atom is 0.153 e. The number of nitrogens with zero attached hydrogens (tertiary/aromatic N) is 1. The molecule has 0 aliphatic rings. The Bertz CT molecular complexity index is 596. The van der Waals surface area contributed by atoms with Crippen molar-refractivity contribution in [1.82, 2.24) is 0 Å². The van der Waals surface area contributed by atoms with Crippen molar-refractivity contribution in [2.24, 2.45) is 10.7 Å². The number of hydrogen-bond acceptors (Lipinski definition) is 2. The lowest BCUT2D eigenvalue weighted by Crippen LogP contribution is -2.12. The van der Waals surface area contributed by atoms with Crippen LogP contribution in [0.2, 0.25) is 0 Å². The van der Waals surface area contributed by atoms with Gasteiger partial charge in [0.15, 0.2) is 5.75 Å². The largest absolute Gasteiger partial charge is 0.455 e. The third-order valence-electron chi connectivity index (χ3n) is 2.58. The van der Waals surface area contributed by atoms with E-state index in [1.54, 1.807) is 0 Å². The summed E-state index contributed by atoms with van der Waals surface area (Å²) in [6.45, 7) is 1.99. The average molecular weight is 275 g/mol. The van der Waals surface area contributed by atoms with Gasteiger partial charge in [0.2, 0.25) is 0 Å². The minimum absolute atomic E-state index is 0.193. The van der Waals surface area contributed by atoms with E-state index in [1.807, 2.05) is 55.5 Å². The molecule has 2 rings (SSSR count). The first-order valence-corrected chi connectivity index (χ1v) is 6.45. The van der Waals surface area contributed by atoms with Crippen molar-refractivity contribution in [3.8, 4) is 11.5 Å². The molecular formula is C15H15ClN2O. The Morgan fingerprint density at radius 3 is 2.42 bits per heavy atom. The van der Waals surface area contributed by atoms with E-state index in [9.17, 15) is 0 Å². The Hall–Kier alpha value is -2.00. The Labute approximate surface area is 117 Å². The molecule has 0 aliphatic carbocycles. The monoisotopic (exact) mass is 274 g/mol. The van der Waals surface area contributed by atoms with Gasteiger partial charge in [0.25, 0.3) is 0 Å². The van der Waals surface area contributed by atoms with Crippen LogP contribution in [0.3, 0.4) is 0 Å². The molecule has 2 aromatic carbocycles. The number of rotatable bonds is 4. The van der Waals surface area contributed by atoms with E-state index in [0.717, 1.165) is 11.3 Å². The van der Waals surface area contributed by atoms with Crippen molar-refractivity contribution in [3.05, 3.63) is 54.1 Å². The molecule has 19 heavy (non-hydrogen) atoms. The number of nitrogens with two attached hydrogens (primary N) is 1. The highest BCUT2D eigenvalue weighted by molar-refractivity contribution is 6.28. The first-order valence-electron chi connectivity index (χ1n) is 5.92. The van der Waals surface area contributed by atoms with Gasteiger partial charge in [-0.25, -0.2) is 4.99 Å². The predicted octanol–water partition coefficient (Wildman–Crippen LogP) is 4.01. The third-order valence-corrected chi connectivity index (χ3v) is 2.85. The van der Waals surface area contributed by atoms with Crippen molar-refractivity contribution in [3.63, 3.8) is 0 Å². The summed E-state index contributed by atoms with van der Waals surface area (Å²) >= 11 is 5.64. The van der Waals surface area contributed by atoms with Crippen LogP contribution in [0, 0.1) is 6.92 Å². The van der Waals surface area contributed by atoms with Crippen LogP contribution < -0.4 is 10.5 Å². The third kappa shape index (κ3) is 3.48. The minimum atomic E-state index is 0.193. The van der Waals surface area contributed by atoms with E-state index < -0.39 is 0 Å². The van der Waals surface area contributed by atoms with Crippen LogP contribution in [-0.4, -0.2) is 11.7 Å². The highest BCUT2D eigenvalue weighted by Crippen LogP contribution is 2.32. The molecule has 0 radical (unpaired) electrons. The Morgan fingerprint density at radius 1 is 1.11 bits per heavy atom. The van der Waals surface area contributed by atoms with Crippen molar-refractivity contribution in [2.75, 3.05) is 5.88 Å². The van der Waals surface area contributed by atoms with Crippen LogP contribution in [-0.2, 0) is 0 Å². The fourth-order valence-electron chi connectivity index (χ4n) is 1.61. The van der Waals surface area contributed by atoms with Crippen LogP contribution in [0.15, 0.2) is 53.5 Å². The lowest BCUT2D eigenvalue weighted by Gasteiger charge is -2.10. The first-order chi connectivity index (χ1) is 9.20. The summed E-state index contributed by atoms with van der Waals surface area (Å²) in [4.78, 5) is 4.24. The first kappa shape index (κ1) is 13.4. The number of aryl methyl sites for hydroxylation is 1. The van der Waals surface area contributed by atoms with Gasteiger partial charge in [-0.1, -0.05) is 30.3 Å². The van der Waals surface area contributed by atoms with Crippen molar-refractivity contribution >= 4 is 23.1 Å². The lowest BCUT2D eigenvalue weighted by atomic mass is 10.2. The summed E-state index contributed by atoms with van der Waals surface area (Å²) in [6.07, 6.45) is 0. The number of alkyl halides is 1. The zero-order valence-electron chi connectivity index (χ0n) is 10.6. The van der Waals surface area contributed by atoms with E-state index in [0.29, 0.717) is 17.3 Å². The minimum Gasteiger partial charge on any atom is -0.455 e. The standard InChI is InChI=1S/C15H15ClN2O/c1-11-6-2-4-8-13(11)19-14-9-5-3-7-12(14)18-15(17)10-16/h2-9H,10H2,1H3,(H2,17,18). The normalized spacial score (nSPS) is 11.4. The van der Waals surface area contributed by atoms with E-state index in [-0.39, 0.29) is 5.88 Å². The summed E-state index contributed by atoms with van der Waals surface area (Å²) in [5, 5.41) is 0. The highest BCUT2D eigenvalue weighted by Gasteiger charge is 2.05. The number of amidine groups is 1. The van der Waals surface area contributed by atoms with Crippen LogP contribution >= 0.6 is 11.6 Å². The second kappa shape index (κ2) is 6.25. The molecule has 0 spiro atoms. The molecule has 2 N–H and O–H groups in total. The summed E-state index contributed by atoms with van der Waals surface area (Å²) in [5.41, 5.74) is 7.39. The molecule has 0 heterocycles. The number of ether oxygens (including phenoxy) is 1. The Balaban J connectivity index is 2.33. The number of halogens is 1. The fraction of sp³-hybridized carbons (Fsp3) is 0.133. The smallest absolute Gasteiger partial charge is 0.153 e.